The monoisotopic (exact) mass is 441 g/mol. The first-order valence-corrected chi connectivity index (χ1v) is 11.1. The maximum Gasteiger partial charge on any atom is 0.244 e. The Hall–Kier alpha value is -1.73. The van der Waals surface area contributed by atoms with Gasteiger partial charge in [0.25, 0.3) is 0 Å². The predicted molar refractivity (Wildman–Crippen MR) is 119 cm³/mol. The topological polar surface area (TPSA) is 77.1 Å². The summed E-state index contributed by atoms with van der Waals surface area (Å²) in [5.41, 5.74) is 7.84. The first kappa shape index (κ1) is 22.6. The molecule has 0 aliphatic carbocycles. The number of nitrogen functional groups attached to an aromatic ring is 1. The van der Waals surface area contributed by atoms with E-state index in [9.17, 15) is 8.42 Å². The van der Waals surface area contributed by atoms with Gasteiger partial charge in [0.15, 0.2) is 0 Å². The number of hydrogen-bond donors (Lipinski definition) is 2. The van der Waals surface area contributed by atoms with Crippen LogP contribution in [0.5, 0.6) is 0 Å². The highest BCUT2D eigenvalue weighted by Gasteiger charge is 2.27. The van der Waals surface area contributed by atoms with Crippen molar-refractivity contribution in [3.63, 3.8) is 0 Å². The number of allylic oxidation sites excluding steroid dienone is 1. The zero-order valence-electron chi connectivity index (χ0n) is 16.1. The first-order valence-electron chi connectivity index (χ1n) is 8.81. The van der Waals surface area contributed by atoms with E-state index in [1.165, 1.54) is 12.1 Å². The van der Waals surface area contributed by atoms with Crippen LogP contribution in [-0.2, 0) is 16.6 Å². The average molecular weight is 442 g/mol. The SMILES string of the molecule is C=Cc1ccn(CC(NS(=O)(=O)c2c(N)cc(Cl)cc2Cl)C(C)C)c1/C=C\C. The molecule has 0 spiro atoms. The van der Waals surface area contributed by atoms with Crippen LogP contribution in [0.2, 0.25) is 10.0 Å². The Bertz CT molecular complexity index is 972. The second kappa shape index (κ2) is 9.18. The number of nitrogens with two attached hydrogens (primary N) is 1. The molecule has 0 saturated carbocycles. The molecule has 28 heavy (non-hydrogen) atoms. The van der Waals surface area contributed by atoms with Crippen LogP contribution in [0.3, 0.4) is 0 Å². The number of nitrogens with one attached hydrogen (secondary N) is 1. The number of benzene rings is 1. The van der Waals surface area contributed by atoms with Crippen molar-refractivity contribution in [3.05, 3.63) is 58.4 Å². The van der Waals surface area contributed by atoms with Crippen molar-refractivity contribution in [2.45, 2.75) is 38.3 Å². The smallest absolute Gasteiger partial charge is 0.244 e. The van der Waals surface area contributed by atoms with Crippen LogP contribution in [-0.4, -0.2) is 19.0 Å². The van der Waals surface area contributed by atoms with E-state index in [0.717, 1.165) is 11.3 Å². The van der Waals surface area contributed by atoms with Crippen molar-refractivity contribution in [1.82, 2.24) is 9.29 Å². The summed E-state index contributed by atoms with van der Waals surface area (Å²) in [5, 5.41) is 0.270. The molecule has 0 saturated heterocycles. The minimum Gasteiger partial charge on any atom is -0.398 e. The maximum absolute atomic E-state index is 13.0. The molecular formula is C20H25Cl2N3O2S. The van der Waals surface area contributed by atoms with E-state index < -0.39 is 10.0 Å². The van der Waals surface area contributed by atoms with Crippen molar-refractivity contribution >= 4 is 51.1 Å². The summed E-state index contributed by atoms with van der Waals surface area (Å²) in [6.45, 7) is 10.1. The summed E-state index contributed by atoms with van der Waals surface area (Å²) < 4.78 is 30.8. The fraction of sp³-hybridized carbons (Fsp3) is 0.300. The van der Waals surface area contributed by atoms with Gasteiger partial charge in [-0.2, -0.15) is 0 Å². The van der Waals surface area contributed by atoms with E-state index in [1.54, 1.807) is 6.08 Å². The van der Waals surface area contributed by atoms with E-state index >= 15 is 0 Å². The fourth-order valence-electron chi connectivity index (χ4n) is 2.90. The van der Waals surface area contributed by atoms with Crippen molar-refractivity contribution in [2.75, 3.05) is 5.73 Å². The Kier molecular flexibility index (Phi) is 7.39. The summed E-state index contributed by atoms with van der Waals surface area (Å²) in [4.78, 5) is -0.155. The second-order valence-electron chi connectivity index (χ2n) is 6.79. The molecule has 0 amide bonds. The lowest BCUT2D eigenvalue weighted by atomic mass is 10.1. The quantitative estimate of drug-likeness (QED) is 0.562. The summed E-state index contributed by atoms with van der Waals surface area (Å²) in [6.07, 6.45) is 7.59. The van der Waals surface area contributed by atoms with Gasteiger partial charge in [-0.3, -0.25) is 0 Å². The summed E-state index contributed by atoms with van der Waals surface area (Å²) in [7, 11) is -3.94. The molecule has 0 aliphatic rings. The standard InChI is InChI=1S/C20H25Cl2N3O2S/c1-5-7-19-14(6-2)8-9-25(19)12-18(13(3)4)24-28(26,27)20-16(22)10-15(21)11-17(20)23/h5-11,13,18,24H,2,12,23H2,1,3-4H3/b7-5-. The van der Waals surface area contributed by atoms with Gasteiger partial charge in [0.05, 0.1) is 10.7 Å². The molecule has 0 fully saturated rings. The Morgan fingerprint density at radius 3 is 2.54 bits per heavy atom. The molecule has 2 rings (SSSR count). The fourth-order valence-corrected chi connectivity index (χ4v) is 5.26. The van der Waals surface area contributed by atoms with Crippen LogP contribution < -0.4 is 10.5 Å². The lowest BCUT2D eigenvalue weighted by Gasteiger charge is -2.24. The van der Waals surface area contributed by atoms with E-state index in [-0.39, 0.29) is 32.6 Å². The molecule has 0 aliphatic heterocycles. The maximum atomic E-state index is 13.0. The molecule has 8 heteroatoms. The molecule has 0 radical (unpaired) electrons. The number of sulfonamides is 1. The first-order chi connectivity index (χ1) is 13.1. The van der Waals surface area contributed by atoms with Gasteiger partial charge in [-0.25, -0.2) is 13.1 Å². The third-order valence-corrected chi connectivity index (χ3v) is 6.63. The Morgan fingerprint density at radius 1 is 1.32 bits per heavy atom. The normalized spacial score (nSPS) is 13.4. The molecule has 152 valence electrons. The Labute approximate surface area is 176 Å². The minimum atomic E-state index is -3.94. The van der Waals surface area contributed by atoms with Crippen molar-refractivity contribution in [3.8, 4) is 0 Å². The zero-order chi connectivity index (χ0) is 21.1. The van der Waals surface area contributed by atoms with Crippen LogP contribution in [0.15, 0.2) is 41.9 Å². The van der Waals surface area contributed by atoms with Gasteiger partial charge < -0.3 is 10.3 Å². The number of aromatic nitrogens is 1. The van der Waals surface area contributed by atoms with Crippen molar-refractivity contribution in [1.29, 1.82) is 0 Å². The minimum absolute atomic E-state index is 0.00970. The van der Waals surface area contributed by atoms with Crippen LogP contribution in [0.4, 0.5) is 5.69 Å². The molecule has 0 bridgehead atoms. The van der Waals surface area contributed by atoms with Gasteiger partial charge in [-0.05, 0) is 42.7 Å². The molecule has 1 unspecified atom stereocenters. The van der Waals surface area contributed by atoms with Crippen LogP contribution >= 0.6 is 23.2 Å². The van der Waals surface area contributed by atoms with Gasteiger partial charge in [-0.15, -0.1) is 0 Å². The number of anilines is 1. The van der Waals surface area contributed by atoms with Crippen molar-refractivity contribution < 1.29 is 8.42 Å². The number of halogens is 2. The van der Waals surface area contributed by atoms with E-state index in [0.29, 0.717) is 6.54 Å². The average Bonchev–Trinajstić information content (AvgIpc) is 2.95. The highest BCUT2D eigenvalue weighted by atomic mass is 35.5. The highest BCUT2D eigenvalue weighted by Crippen LogP contribution is 2.31. The van der Waals surface area contributed by atoms with Gasteiger partial charge in [-0.1, -0.05) is 55.8 Å². The number of rotatable bonds is 8. The molecule has 1 atom stereocenters. The van der Waals surface area contributed by atoms with Gasteiger partial charge in [0, 0.05) is 29.5 Å². The lowest BCUT2D eigenvalue weighted by Crippen LogP contribution is -2.41. The summed E-state index contributed by atoms with van der Waals surface area (Å²) >= 11 is 12.0. The van der Waals surface area contributed by atoms with Crippen LogP contribution in [0.25, 0.3) is 12.2 Å². The highest BCUT2D eigenvalue weighted by molar-refractivity contribution is 7.89. The molecule has 1 aromatic carbocycles. The van der Waals surface area contributed by atoms with Crippen molar-refractivity contribution in [2.24, 2.45) is 5.92 Å². The van der Waals surface area contributed by atoms with E-state index in [4.69, 9.17) is 28.9 Å². The zero-order valence-corrected chi connectivity index (χ0v) is 18.4. The third-order valence-electron chi connectivity index (χ3n) is 4.39. The van der Waals surface area contributed by atoms with E-state index in [1.807, 2.05) is 49.8 Å². The predicted octanol–water partition coefficient (Wildman–Crippen LogP) is 5.06. The molecule has 3 N–H and O–H groups in total. The van der Waals surface area contributed by atoms with Crippen LogP contribution in [0, 0.1) is 5.92 Å². The Morgan fingerprint density at radius 2 is 2.00 bits per heavy atom. The summed E-state index contributed by atoms with van der Waals surface area (Å²) in [6, 6.07) is 4.30. The number of nitrogens with zero attached hydrogens (tertiary/aromatic N) is 1. The van der Waals surface area contributed by atoms with Gasteiger partial charge in [0.1, 0.15) is 4.90 Å². The molecule has 5 nitrogen and oxygen atoms in total. The molecule has 1 aromatic heterocycles. The molecule has 1 heterocycles. The largest absolute Gasteiger partial charge is 0.398 e. The molecular weight excluding hydrogens is 417 g/mol. The second-order valence-corrected chi connectivity index (χ2v) is 9.29. The number of hydrogen-bond acceptors (Lipinski definition) is 3. The lowest BCUT2D eigenvalue weighted by molar-refractivity contribution is 0.398. The third kappa shape index (κ3) is 5.00. The van der Waals surface area contributed by atoms with Gasteiger partial charge in [0.2, 0.25) is 10.0 Å². The van der Waals surface area contributed by atoms with E-state index in [2.05, 4.69) is 11.3 Å². The van der Waals surface area contributed by atoms with Gasteiger partial charge >= 0.3 is 0 Å². The summed E-state index contributed by atoms with van der Waals surface area (Å²) in [5.74, 6) is 0.0233. The molecule has 2 aromatic rings. The van der Waals surface area contributed by atoms with Crippen LogP contribution in [0.1, 0.15) is 32.0 Å². The Balaban J connectivity index is 2.39.